The van der Waals surface area contributed by atoms with Gasteiger partial charge in [0.15, 0.2) is 0 Å². The third-order valence-corrected chi connectivity index (χ3v) is 7.46. The lowest BCUT2D eigenvalue weighted by molar-refractivity contribution is -0.140. The van der Waals surface area contributed by atoms with Crippen molar-refractivity contribution in [2.75, 3.05) is 7.11 Å². The van der Waals surface area contributed by atoms with E-state index in [2.05, 4.69) is 4.74 Å². The van der Waals surface area contributed by atoms with E-state index in [0.717, 1.165) is 31.2 Å². The molecule has 0 unspecified atom stereocenters. The van der Waals surface area contributed by atoms with Crippen molar-refractivity contribution in [3.8, 4) is 0 Å². The molecular formula is C20H27NO4S. The molecule has 2 aliphatic rings. The van der Waals surface area contributed by atoms with Crippen molar-refractivity contribution in [1.82, 2.24) is 4.31 Å². The van der Waals surface area contributed by atoms with Crippen molar-refractivity contribution in [2.45, 2.75) is 62.4 Å². The molecule has 5 nitrogen and oxygen atoms in total. The average Bonchev–Trinajstić information content (AvgIpc) is 3.23. The Kier molecular flexibility index (Phi) is 5.82. The Morgan fingerprint density at radius 3 is 2.69 bits per heavy atom. The lowest BCUT2D eigenvalue weighted by Crippen LogP contribution is -2.43. The van der Waals surface area contributed by atoms with E-state index < -0.39 is 10.0 Å². The van der Waals surface area contributed by atoms with Gasteiger partial charge in [0.2, 0.25) is 10.0 Å². The Morgan fingerprint density at radius 2 is 2.00 bits per heavy atom. The van der Waals surface area contributed by atoms with E-state index in [-0.39, 0.29) is 18.1 Å². The Labute approximate surface area is 156 Å². The van der Waals surface area contributed by atoms with Crippen molar-refractivity contribution in [3.05, 3.63) is 42.0 Å². The number of unbranched alkanes of at least 4 members (excludes halogenated alkanes) is 1. The lowest BCUT2D eigenvalue weighted by Gasteiger charge is -2.32. The van der Waals surface area contributed by atoms with Crippen LogP contribution in [0.15, 0.2) is 41.3 Å². The summed E-state index contributed by atoms with van der Waals surface area (Å²) in [5, 5.41) is 0. The van der Waals surface area contributed by atoms with Crippen LogP contribution >= 0.6 is 0 Å². The number of hydrogen-bond acceptors (Lipinski definition) is 4. The maximum absolute atomic E-state index is 13.2. The topological polar surface area (TPSA) is 63.7 Å². The van der Waals surface area contributed by atoms with Crippen molar-refractivity contribution >= 4 is 16.0 Å². The second-order valence-corrected chi connectivity index (χ2v) is 9.11. The second-order valence-electron chi connectivity index (χ2n) is 7.26. The zero-order valence-electron chi connectivity index (χ0n) is 15.4. The van der Waals surface area contributed by atoms with Gasteiger partial charge in [-0.05, 0) is 57.1 Å². The zero-order valence-corrected chi connectivity index (χ0v) is 16.2. The third kappa shape index (κ3) is 3.86. The summed E-state index contributed by atoms with van der Waals surface area (Å²) < 4.78 is 32.8. The van der Waals surface area contributed by atoms with Gasteiger partial charge in [0, 0.05) is 18.5 Å². The summed E-state index contributed by atoms with van der Waals surface area (Å²) in [4.78, 5) is 11.5. The number of methoxy groups -OCH3 is 1. The normalized spacial score (nSPS) is 25.8. The molecule has 1 aliphatic heterocycles. The number of hydrogen-bond donors (Lipinski definition) is 0. The summed E-state index contributed by atoms with van der Waals surface area (Å²) in [6, 6.07) is 7.13. The number of nitrogens with zero attached hydrogens (tertiary/aromatic N) is 1. The highest BCUT2D eigenvalue weighted by Gasteiger charge is 2.50. The van der Waals surface area contributed by atoms with Crippen LogP contribution in [0.5, 0.6) is 0 Å². The Balaban J connectivity index is 1.72. The van der Waals surface area contributed by atoms with Gasteiger partial charge in [0.1, 0.15) is 0 Å². The third-order valence-electron chi connectivity index (χ3n) is 5.49. The maximum atomic E-state index is 13.2. The number of sulfonamides is 1. The van der Waals surface area contributed by atoms with Gasteiger partial charge in [-0.3, -0.25) is 4.79 Å². The van der Waals surface area contributed by atoms with E-state index in [1.807, 2.05) is 31.2 Å². The number of ether oxygens (including phenoxy) is 1. The number of carbonyl (C=O) groups is 1. The quantitative estimate of drug-likeness (QED) is 0.415. The van der Waals surface area contributed by atoms with E-state index in [1.165, 1.54) is 7.11 Å². The molecule has 0 amide bonds. The van der Waals surface area contributed by atoms with Crippen molar-refractivity contribution in [3.63, 3.8) is 0 Å². The Bertz CT molecular complexity index is 770. The molecule has 0 N–H and O–H groups in total. The summed E-state index contributed by atoms with van der Waals surface area (Å²) in [7, 11) is -2.10. The van der Waals surface area contributed by atoms with Crippen LogP contribution in [0, 0.1) is 12.8 Å². The average molecular weight is 378 g/mol. The van der Waals surface area contributed by atoms with Crippen LogP contribution in [-0.4, -0.2) is 37.9 Å². The van der Waals surface area contributed by atoms with Crippen LogP contribution in [0.25, 0.3) is 0 Å². The fraction of sp³-hybridized carbons (Fsp3) is 0.550. The molecule has 3 rings (SSSR count). The van der Waals surface area contributed by atoms with E-state index in [0.29, 0.717) is 23.7 Å². The minimum absolute atomic E-state index is 0.0711. The molecule has 1 aromatic rings. The fourth-order valence-electron chi connectivity index (χ4n) is 4.12. The van der Waals surface area contributed by atoms with Gasteiger partial charge >= 0.3 is 5.97 Å². The molecule has 2 fully saturated rings. The molecule has 1 heterocycles. The molecule has 142 valence electrons. The molecule has 1 aromatic carbocycles. The van der Waals surface area contributed by atoms with E-state index in [4.69, 9.17) is 0 Å². The monoisotopic (exact) mass is 377 g/mol. The summed E-state index contributed by atoms with van der Waals surface area (Å²) in [5.74, 6) is 0.193. The highest BCUT2D eigenvalue weighted by molar-refractivity contribution is 7.89. The molecule has 3 atom stereocenters. The number of aryl methyl sites for hydroxylation is 1. The minimum atomic E-state index is -3.49. The molecule has 0 radical (unpaired) electrons. The largest absolute Gasteiger partial charge is 0.469 e. The second kappa shape index (κ2) is 7.92. The van der Waals surface area contributed by atoms with E-state index >= 15 is 0 Å². The van der Waals surface area contributed by atoms with Gasteiger partial charge < -0.3 is 4.74 Å². The number of allylic oxidation sites excluding steroid dienone is 1. The van der Waals surface area contributed by atoms with Gasteiger partial charge in [-0.25, -0.2) is 8.42 Å². The first-order valence-corrected chi connectivity index (χ1v) is 10.7. The first kappa shape index (κ1) is 19.1. The van der Waals surface area contributed by atoms with Gasteiger partial charge in [-0.2, -0.15) is 4.31 Å². The number of rotatable bonds is 7. The van der Waals surface area contributed by atoms with Gasteiger partial charge in [0.05, 0.1) is 12.0 Å². The molecule has 0 spiro atoms. The van der Waals surface area contributed by atoms with Crippen molar-refractivity contribution in [1.29, 1.82) is 0 Å². The summed E-state index contributed by atoms with van der Waals surface area (Å²) in [6.07, 6.45) is 8.89. The Morgan fingerprint density at radius 1 is 1.27 bits per heavy atom. The predicted octanol–water partition coefficient (Wildman–Crippen LogP) is 3.44. The predicted molar refractivity (Wildman–Crippen MR) is 100 cm³/mol. The van der Waals surface area contributed by atoms with Crippen LogP contribution in [0.1, 0.15) is 44.1 Å². The first-order valence-electron chi connectivity index (χ1n) is 9.27. The Hall–Kier alpha value is -1.66. The molecule has 1 saturated carbocycles. The fourth-order valence-corrected chi connectivity index (χ4v) is 5.99. The van der Waals surface area contributed by atoms with Crippen molar-refractivity contribution in [2.24, 2.45) is 5.92 Å². The standard InChI is InChI=1S/C20H27NO4S/c1-15-8-12-18(13-9-15)26(23,24)21-17-11-10-16(14-17)19(21)6-4-3-5-7-20(22)25-2/h4,6,8-9,12-13,16-17,19H,3,5,7,10-11,14H2,1-2H3/b6-4+/t16-,17+,19+/m1/s1. The lowest BCUT2D eigenvalue weighted by atomic mass is 9.99. The number of piperidine rings is 1. The summed E-state index contributed by atoms with van der Waals surface area (Å²) in [6.45, 7) is 1.95. The summed E-state index contributed by atoms with van der Waals surface area (Å²) >= 11 is 0. The smallest absolute Gasteiger partial charge is 0.305 e. The van der Waals surface area contributed by atoms with E-state index in [1.54, 1.807) is 16.4 Å². The van der Waals surface area contributed by atoms with Crippen LogP contribution in [0.4, 0.5) is 0 Å². The SMILES string of the molecule is COC(=O)CCC/C=C/[C@H]1[C@@H]2CC[C@@H](C2)N1S(=O)(=O)c1ccc(C)cc1. The van der Waals surface area contributed by atoms with Crippen LogP contribution < -0.4 is 0 Å². The molecule has 6 heteroatoms. The molecule has 0 aromatic heterocycles. The number of carbonyl (C=O) groups excluding carboxylic acids is 1. The molecule has 1 saturated heterocycles. The number of esters is 1. The zero-order chi connectivity index (χ0) is 18.7. The van der Waals surface area contributed by atoms with Crippen molar-refractivity contribution < 1.29 is 17.9 Å². The van der Waals surface area contributed by atoms with E-state index in [9.17, 15) is 13.2 Å². The molecular weight excluding hydrogens is 350 g/mol. The van der Waals surface area contributed by atoms with Crippen LogP contribution in [-0.2, 0) is 19.6 Å². The van der Waals surface area contributed by atoms with Gasteiger partial charge in [0.25, 0.3) is 0 Å². The molecule has 2 bridgehead atoms. The van der Waals surface area contributed by atoms with Gasteiger partial charge in [-0.15, -0.1) is 0 Å². The minimum Gasteiger partial charge on any atom is -0.469 e. The van der Waals surface area contributed by atoms with Crippen LogP contribution in [0.2, 0.25) is 0 Å². The van der Waals surface area contributed by atoms with Crippen LogP contribution in [0.3, 0.4) is 0 Å². The highest BCUT2D eigenvalue weighted by Crippen LogP contribution is 2.45. The summed E-state index contributed by atoms with van der Waals surface area (Å²) in [5.41, 5.74) is 1.05. The highest BCUT2D eigenvalue weighted by atomic mass is 32.2. The number of fused-ring (bicyclic) bond motifs is 2. The molecule has 26 heavy (non-hydrogen) atoms. The number of benzene rings is 1. The molecule has 1 aliphatic carbocycles. The van der Waals surface area contributed by atoms with Gasteiger partial charge in [-0.1, -0.05) is 29.8 Å². The maximum Gasteiger partial charge on any atom is 0.305 e. The first-order chi connectivity index (χ1) is 12.4.